The Labute approximate surface area is 122 Å². The minimum absolute atomic E-state index is 0.150. The Bertz CT molecular complexity index is 494. The average Bonchev–Trinajstić information content (AvgIpc) is 2.45. The second-order valence-corrected chi connectivity index (χ2v) is 5.25. The van der Waals surface area contributed by atoms with Gasteiger partial charge in [-0.25, -0.2) is 8.78 Å². The zero-order chi connectivity index (χ0) is 15.4. The number of benzene rings is 1. The van der Waals surface area contributed by atoms with Gasteiger partial charge in [-0.2, -0.15) is 0 Å². The molecular formula is C14H19F2N3O2. The number of anilines is 1. The lowest BCUT2D eigenvalue weighted by Gasteiger charge is -2.34. The maximum Gasteiger partial charge on any atom is 0.275 e. The Hall–Kier alpha value is -1.76. The van der Waals surface area contributed by atoms with Crippen LogP contribution in [0.15, 0.2) is 12.1 Å². The van der Waals surface area contributed by atoms with Gasteiger partial charge in [0.25, 0.3) is 5.69 Å². The minimum Gasteiger partial charge on any atom is -0.367 e. The molecule has 21 heavy (non-hydrogen) atoms. The smallest absolute Gasteiger partial charge is 0.275 e. The van der Waals surface area contributed by atoms with Crippen molar-refractivity contribution in [3.63, 3.8) is 0 Å². The molecule has 1 saturated heterocycles. The van der Waals surface area contributed by atoms with Crippen LogP contribution in [0.4, 0.5) is 20.2 Å². The SMILES string of the molecule is CCNCC1CCN(c2c(F)cc([N+](=O)[O-])cc2F)CC1. The maximum atomic E-state index is 14.0. The largest absolute Gasteiger partial charge is 0.367 e. The first kappa shape index (κ1) is 15.6. The number of nitrogens with zero attached hydrogens (tertiary/aromatic N) is 2. The molecule has 1 aromatic rings. The molecule has 0 saturated carbocycles. The van der Waals surface area contributed by atoms with Gasteiger partial charge in [0.05, 0.1) is 17.1 Å². The standard InChI is InChI=1S/C14H19F2N3O2/c1-2-17-9-10-3-5-18(6-4-10)14-12(15)7-11(19(20)21)8-13(14)16/h7-8,10,17H,2-6,9H2,1H3. The monoisotopic (exact) mass is 299 g/mol. The van der Waals surface area contributed by atoms with Crippen molar-refractivity contribution in [3.05, 3.63) is 33.9 Å². The van der Waals surface area contributed by atoms with Gasteiger partial charge in [-0.05, 0) is 31.8 Å². The molecule has 1 aromatic carbocycles. The van der Waals surface area contributed by atoms with Crippen molar-refractivity contribution in [2.24, 2.45) is 5.92 Å². The third-order valence-corrected chi connectivity index (χ3v) is 3.83. The van der Waals surface area contributed by atoms with Gasteiger partial charge in [0, 0.05) is 13.1 Å². The van der Waals surface area contributed by atoms with Crippen LogP contribution in [0.1, 0.15) is 19.8 Å². The van der Waals surface area contributed by atoms with Crippen molar-refractivity contribution >= 4 is 11.4 Å². The van der Waals surface area contributed by atoms with Crippen molar-refractivity contribution in [2.45, 2.75) is 19.8 Å². The summed E-state index contributed by atoms with van der Waals surface area (Å²) in [5.74, 6) is -1.23. The molecule has 0 spiro atoms. The van der Waals surface area contributed by atoms with E-state index in [0.717, 1.165) is 38.1 Å². The fourth-order valence-electron chi connectivity index (χ4n) is 2.67. The summed E-state index contributed by atoms with van der Waals surface area (Å²) >= 11 is 0. The molecule has 5 nitrogen and oxygen atoms in total. The third-order valence-electron chi connectivity index (χ3n) is 3.83. The lowest BCUT2D eigenvalue weighted by molar-refractivity contribution is -0.385. The number of nitro groups is 1. The number of rotatable bonds is 5. The lowest BCUT2D eigenvalue weighted by Crippen LogP contribution is -2.38. The number of hydrogen-bond donors (Lipinski definition) is 1. The molecule has 0 bridgehead atoms. The van der Waals surface area contributed by atoms with E-state index in [1.54, 1.807) is 4.90 Å². The van der Waals surface area contributed by atoms with Crippen molar-refractivity contribution in [1.29, 1.82) is 0 Å². The van der Waals surface area contributed by atoms with Gasteiger partial charge in [-0.3, -0.25) is 10.1 Å². The molecule has 0 radical (unpaired) electrons. The molecule has 0 amide bonds. The number of piperidine rings is 1. The summed E-state index contributed by atoms with van der Waals surface area (Å²) in [6.07, 6.45) is 1.70. The van der Waals surface area contributed by atoms with E-state index >= 15 is 0 Å². The van der Waals surface area contributed by atoms with Crippen LogP contribution < -0.4 is 10.2 Å². The summed E-state index contributed by atoms with van der Waals surface area (Å²) in [7, 11) is 0. The number of nitro benzene ring substituents is 1. The summed E-state index contributed by atoms with van der Waals surface area (Å²) in [6.45, 7) is 4.97. The van der Waals surface area contributed by atoms with Crippen LogP contribution in [0.3, 0.4) is 0 Å². The van der Waals surface area contributed by atoms with Crippen LogP contribution in [0.5, 0.6) is 0 Å². The number of halogens is 2. The molecule has 7 heteroatoms. The Morgan fingerprint density at radius 2 is 1.90 bits per heavy atom. The second kappa shape index (κ2) is 6.80. The number of non-ortho nitro benzene ring substituents is 1. The van der Waals surface area contributed by atoms with E-state index in [4.69, 9.17) is 0 Å². The fourth-order valence-corrected chi connectivity index (χ4v) is 2.67. The Morgan fingerprint density at radius 3 is 2.38 bits per heavy atom. The summed E-state index contributed by atoms with van der Waals surface area (Å²) < 4.78 is 27.9. The van der Waals surface area contributed by atoms with Gasteiger partial charge in [-0.1, -0.05) is 6.92 Å². The maximum absolute atomic E-state index is 14.0. The molecule has 1 aliphatic rings. The molecule has 0 aliphatic carbocycles. The zero-order valence-electron chi connectivity index (χ0n) is 11.9. The quantitative estimate of drug-likeness (QED) is 0.671. The summed E-state index contributed by atoms with van der Waals surface area (Å²) in [4.78, 5) is 11.4. The van der Waals surface area contributed by atoms with E-state index in [1.807, 2.05) is 6.92 Å². The number of nitrogens with one attached hydrogen (secondary N) is 1. The highest BCUT2D eigenvalue weighted by molar-refractivity contribution is 5.54. The first-order valence-electron chi connectivity index (χ1n) is 7.12. The summed E-state index contributed by atoms with van der Waals surface area (Å²) in [6, 6.07) is 1.56. The van der Waals surface area contributed by atoms with Gasteiger partial charge in [0.1, 0.15) is 5.69 Å². The topological polar surface area (TPSA) is 58.4 Å². The van der Waals surface area contributed by atoms with Crippen LogP contribution in [-0.4, -0.2) is 31.1 Å². The van der Waals surface area contributed by atoms with E-state index in [1.165, 1.54) is 0 Å². The predicted octanol–water partition coefficient (Wildman–Crippen LogP) is 2.70. The highest BCUT2D eigenvalue weighted by atomic mass is 19.1. The molecule has 116 valence electrons. The van der Waals surface area contributed by atoms with Crippen molar-refractivity contribution in [2.75, 3.05) is 31.1 Å². The van der Waals surface area contributed by atoms with Crippen LogP contribution in [0.25, 0.3) is 0 Å². The van der Waals surface area contributed by atoms with Gasteiger partial charge in [0.15, 0.2) is 11.6 Å². The van der Waals surface area contributed by atoms with Crippen LogP contribution in [-0.2, 0) is 0 Å². The summed E-state index contributed by atoms with van der Waals surface area (Å²) in [5.41, 5.74) is -0.710. The van der Waals surface area contributed by atoms with Gasteiger partial charge in [0.2, 0.25) is 0 Å². The molecule has 1 heterocycles. The number of hydrogen-bond acceptors (Lipinski definition) is 4. The van der Waals surface area contributed by atoms with Crippen LogP contribution in [0.2, 0.25) is 0 Å². The van der Waals surface area contributed by atoms with Crippen LogP contribution >= 0.6 is 0 Å². The molecular weight excluding hydrogens is 280 g/mol. The molecule has 1 N–H and O–H groups in total. The van der Waals surface area contributed by atoms with Crippen LogP contribution in [0, 0.1) is 27.7 Å². The molecule has 1 aliphatic heterocycles. The molecule has 0 unspecified atom stereocenters. The first-order chi connectivity index (χ1) is 10.0. The summed E-state index contributed by atoms with van der Waals surface area (Å²) in [5, 5.41) is 13.9. The fraction of sp³-hybridized carbons (Fsp3) is 0.571. The van der Waals surface area contributed by atoms with Gasteiger partial charge < -0.3 is 10.2 Å². The van der Waals surface area contributed by atoms with E-state index < -0.39 is 22.2 Å². The third kappa shape index (κ3) is 3.66. The minimum atomic E-state index is -0.869. The van der Waals surface area contributed by atoms with Crippen molar-refractivity contribution in [3.8, 4) is 0 Å². The zero-order valence-corrected chi connectivity index (χ0v) is 11.9. The Morgan fingerprint density at radius 1 is 1.33 bits per heavy atom. The Kier molecular flexibility index (Phi) is 5.06. The molecule has 1 fully saturated rings. The van der Waals surface area contributed by atoms with E-state index in [2.05, 4.69) is 5.32 Å². The normalized spacial score (nSPS) is 16.2. The predicted molar refractivity (Wildman–Crippen MR) is 76.5 cm³/mol. The molecule has 0 aromatic heterocycles. The van der Waals surface area contributed by atoms with Gasteiger partial charge >= 0.3 is 0 Å². The average molecular weight is 299 g/mol. The van der Waals surface area contributed by atoms with E-state index in [9.17, 15) is 18.9 Å². The molecule has 0 atom stereocenters. The second-order valence-electron chi connectivity index (χ2n) is 5.25. The van der Waals surface area contributed by atoms with Gasteiger partial charge in [-0.15, -0.1) is 0 Å². The highest BCUT2D eigenvalue weighted by Gasteiger charge is 2.25. The van der Waals surface area contributed by atoms with Crippen molar-refractivity contribution in [1.82, 2.24) is 5.32 Å². The van der Waals surface area contributed by atoms with E-state index in [-0.39, 0.29) is 5.69 Å². The molecule has 2 rings (SSSR count). The lowest BCUT2D eigenvalue weighted by atomic mass is 9.96. The Balaban J connectivity index is 2.08. The van der Waals surface area contributed by atoms with E-state index in [0.29, 0.717) is 19.0 Å². The first-order valence-corrected chi connectivity index (χ1v) is 7.12. The van der Waals surface area contributed by atoms with Crippen molar-refractivity contribution < 1.29 is 13.7 Å². The highest BCUT2D eigenvalue weighted by Crippen LogP contribution is 2.31.